The zero-order valence-corrected chi connectivity index (χ0v) is 8.93. The molecule has 1 nitrogen and oxygen atoms in total. The van der Waals surface area contributed by atoms with E-state index in [1.54, 1.807) is 6.07 Å². The van der Waals surface area contributed by atoms with E-state index in [0.717, 1.165) is 18.2 Å². The standard InChI is InChI=1S/C10H5BrF3N/c11-9-5-7(2-1-3-15)4-8(6-9)10(12,13)14/h1-2,4-6H. The van der Waals surface area contributed by atoms with Gasteiger partial charge in [0.25, 0.3) is 0 Å². The topological polar surface area (TPSA) is 23.8 Å². The highest BCUT2D eigenvalue weighted by molar-refractivity contribution is 9.10. The van der Waals surface area contributed by atoms with Crippen LogP contribution in [-0.4, -0.2) is 0 Å². The predicted molar refractivity (Wildman–Crippen MR) is 53.8 cm³/mol. The van der Waals surface area contributed by atoms with E-state index in [2.05, 4.69) is 15.9 Å². The van der Waals surface area contributed by atoms with Gasteiger partial charge < -0.3 is 0 Å². The fraction of sp³-hybridized carbons (Fsp3) is 0.100. The Kier molecular flexibility index (Phi) is 3.53. The van der Waals surface area contributed by atoms with Crippen LogP contribution in [0.5, 0.6) is 0 Å². The molecule has 0 amide bonds. The summed E-state index contributed by atoms with van der Waals surface area (Å²) in [4.78, 5) is 0. The Bertz CT molecular complexity index is 429. The molecule has 0 aliphatic rings. The smallest absolute Gasteiger partial charge is 0.193 e. The molecular weight excluding hydrogens is 271 g/mol. The Morgan fingerprint density at radius 1 is 1.27 bits per heavy atom. The number of benzene rings is 1. The lowest BCUT2D eigenvalue weighted by atomic mass is 10.1. The molecule has 0 aromatic heterocycles. The van der Waals surface area contributed by atoms with Gasteiger partial charge in [0.1, 0.15) is 0 Å². The van der Waals surface area contributed by atoms with Gasteiger partial charge in [0, 0.05) is 10.5 Å². The maximum absolute atomic E-state index is 12.4. The lowest BCUT2D eigenvalue weighted by molar-refractivity contribution is -0.137. The monoisotopic (exact) mass is 275 g/mol. The molecule has 0 aliphatic heterocycles. The van der Waals surface area contributed by atoms with Gasteiger partial charge in [0.05, 0.1) is 11.6 Å². The maximum atomic E-state index is 12.4. The SMILES string of the molecule is N#CC=Cc1cc(Br)cc(C(F)(F)F)c1. The number of nitrogens with zero attached hydrogens (tertiary/aromatic N) is 1. The maximum Gasteiger partial charge on any atom is 0.416 e. The summed E-state index contributed by atoms with van der Waals surface area (Å²) < 4.78 is 37.4. The van der Waals surface area contributed by atoms with Gasteiger partial charge in [-0.1, -0.05) is 15.9 Å². The van der Waals surface area contributed by atoms with E-state index in [9.17, 15) is 13.2 Å². The number of rotatable bonds is 1. The summed E-state index contributed by atoms with van der Waals surface area (Å²) in [7, 11) is 0. The molecule has 78 valence electrons. The first-order valence-electron chi connectivity index (χ1n) is 3.87. The van der Waals surface area contributed by atoms with Crippen molar-refractivity contribution in [2.75, 3.05) is 0 Å². The third kappa shape index (κ3) is 3.40. The molecule has 0 N–H and O–H groups in total. The predicted octanol–water partition coefficient (Wildman–Crippen LogP) is 4.00. The largest absolute Gasteiger partial charge is 0.416 e. The summed E-state index contributed by atoms with van der Waals surface area (Å²) in [6, 6.07) is 5.19. The van der Waals surface area contributed by atoms with Crippen LogP contribution >= 0.6 is 15.9 Å². The molecule has 0 heterocycles. The van der Waals surface area contributed by atoms with Crippen LogP contribution in [0.4, 0.5) is 13.2 Å². The van der Waals surface area contributed by atoms with Gasteiger partial charge in [-0.3, -0.25) is 0 Å². The van der Waals surface area contributed by atoms with Crippen molar-refractivity contribution in [3.05, 3.63) is 39.9 Å². The summed E-state index contributed by atoms with van der Waals surface area (Å²) in [6.45, 7) is 0. The fourth-order valence-corrected chi connectivity index (χ4v) is 1.52. The van der Waals surface area contributed by atoms with Crippen LogP contribution in [0.1, 0.15) is 11.1 Å². The van der Waals surface area contributed by atoms with E-state index in [0.29, 0.717) is 10.0 Å². The van der Waals surface area contributed by atoms with E-state index in [1.807, 2.05) is 0 Å². The van der Waals surface area contributed by atoms with Gasteiger partial charge >= 0.3 is 6.18 Å². The van der Waals surface area contributed by atoms with Crippen LogP contribution < -0.4 is 0 Å². The summed E-state index contributed by atoms with van der Waals surface area (Å²) in [5.74, 6) is 0. The molecule has 0 aliphatic carbocycles. The van der Waals surface area contributed by atoms with Gasteiger partial charge in [0.15, 0.2) is 0 Å². The van der Waals surface area contributed by atoms with Crippen LogP contribution in [0.25, 0.3) is 6.08 Å². The lowest BCUT2D eigenvalue weighted by Gasteiger charge is -2.07. The molecule has 0 unspecified atom stereocenters. The van der Waals surface area contributed by atoms with Gasteiger partial charge in [-0.05, 0) is 29.8 Å². The molecule has 0 saturated carbocycles. The molecule has 1 rings (SSSR count). The van der Waals surface area contributed by atoms with Crippen molar-refractivity contribution in [2.45, 2.75) is 6.18 Å². The second-order valence-corrected chi connectivity index (χ2v) is 3.65. The van der Waals surface area contributed by atoms with Gasteiger partial charge in [-0.2, -0.15) is 18.4 Å². The number of hydrogen-bond acceptors (Lipinski definition) is 1. The van der Waals surface area contributed by atoms with E-state index >= 15 is 0 Å². The van der Waals surface area contributed by atoms with Crippen LogP contribution in [0.2, 0.25) is 0 Å². The first-order valence-corrected chi connectivity index (χ1v) is 4.67. The fourth-order valence-electron chi connectivity index (χ4n) is 1.01. The normalized spacial score (nSPS) is 11.7. The molecule has 5 heteroatoms. The summed E-state index contributed by atoms with van der Waals surface area (Å²) >= 11 is 2.98. The number of halogens is 4. The molecule has 0 atom stereocenters. The molecule has 15 heavy (non-hydrogen) atoms. The Morgan fingerprint density at radius 2 is 1.93 bits per heavy atom. The zero-order chi connectivity index (χ0) is 11.5. The summed E-state index contributed by atoms with van der Waals surface area (Å²) in [6.07, 6.45) is -1.93. The highest BCUT2D eigenvalue weighted by Crippen LogP contribution is 2.32. The Morgan fingerprint density at radius 3 is 2.47 bits per heavy atom. The minimum absolute atomic E-state index is 0.329. The number of hydrogen-bond donors (Lipinski definition) is 0. The van der Waals surface area contributed by atoms with Crippen LogP contribution in [0.3, 0.4) is 0 Å². The lowest BCUT2D eigenvalue weighted by Crippen LogP contribution is -2.04. The van der Waals surface area contributed by atoms with Crippen molar-refractivity contribution in [3.8, 4) is 6.07 Å². The molecule has 1 aromatic carbocycles. The minimum Gasteiger partial charge on any atom is -0.193 e. The highest BCUT2D eigenvalue weighted by Gasteiger charge is 2.30. The van der Waals surface area contributed by atoms with Gasteiger partial charge in [-0.25, -0.2) is 0 Å². The van der Waals surface area contributed by atoms with E-state index in [-0.39, 0.29) is 0 Å². The Labute approximate surface area is 93.0 Å². The number of alkyl halides is 3. The minimum atomic E-state index is -4.38. The Balaban J connectivity index is 3.18. The number of nitriles is 1. The quantitative estimate of drug-likeness (QED) is 0.711. The first kappa shape index (κ1) is 11.8. The molecular formula is C10H5BrF3N. The molecule has 0 bridgehead atoms. The van der Waals surface area contributed by atoms with Crippen molar-refractivity contribution >= 4 is 22.0 Å². The molecule has 0 spiro atoms. The zero-order valence-electron chi connectivity index (χ0n) is 7.35. The Hall–Kier alpha value is -1.28. The van der Waals surface area contributed by atoms with Crippen LogP contribution in [0.15, 0.2) is 28.7 Å². The average Bonchev–Trinajstić information content (AvgIpc) is 2.12. The van der Waals surface area contributed by atoms with Crippen LogP contribution in [0, 0.1) is 11.3 Å². The third-order valence-corrected chi connectivity index (χ3v) is 2.06. The third-order valence-electron chi connectivity index (χ3n) is 1.60. The second kappa shape index (κ2) is 4.49. The van der Waals surface area contributed by atoms with Crippen molar-refractivity contribution in [3.63, 3.8) is 0 Å². The second-order valence-electron chi connectivity index (χ2n) is 2.73. The molecule has 0 saturated heterocycles. The van der Waals surface area contributed by atoms with E-state index in [1.165, 1.54) is 12.1 Å². The average molecular weight is 276 g/mol. The van der Waals surface area contributed by atoms with Crippen molar-refractivity contribution in [2.24, 2.45) is 0 Å². The summed E-state index contributed by atoms with van der Waals surface area (Å²) in [5, 5.41) is 8.26. The van der Waals surface area contributed by atoms with E-state index < -0.39 is 11.7 Å². The molecule has 0 radical (unpaired) electrons. The first-order chi connectivity index (χ1) is 6.93. The molecule has 0 fully saturated rings. The highest BCUT2D eigenvalue weighted by atomic mass is 79.9. The van der Waals surface area contributed by atoms with Crippen molar-refractivity contribution < 1.29 is 13.2 Å². The molecule has 1 aromatic rings. The van der Waals surface area contributed by atoms with Crippen molar-refractivity contribution in [1.29, 1.82) is 5.26 Å². The van der Waals surface area contributed by atoms with Crippen LogP contribution in [-0.2, 0) is 6.18 Å². The van der Waals surface area contributed by atoms with Gasteiger partial charge in [-0.15, -0.1) is 0 Å². The number of allylic oxidation sites excluding steroid dienone is 1. The van der Waals surface area contributed by atoms with Gasteiger partial charge in [0.2, 0.25) is 0 Å². The van der Waals surface area contributed by atoms with Crippen molar-refractivity contribution in [1.82, 2.24) is 0 Å². The van der Waals surface area contributed by atoms with E-state index in [4.69, 9.17) is 5.26 Å². The summed E-state index contributed by atoms with van der Waals surface area (Å²) in [5.41, 5.74) is -0.410.